The number of carbonyl (C=O) groups excluding carboxylic acids is 1. The highest BCUT2D eigenvalue weighted by Gasteiger charge is 2.41. The molecule has 0 unspecified atom stereocenters. The Hall–Kier alpha value is -1.35. The number of cyclic esters (lactones) is 1. The number of benzene rings is 1. The first-order valence-corrected chi connectivity index (χ1v) is 4.63. The fourth-order valence-corrected chi connectivity index (χ4v) is 1.61. The van der Waals surface area contributed by atoms with Crippen LogP contribution in [0.1, 0.15) is 18.6 Å². The third kappa shape index (κ3) is 1.40. The predicted octanol–water partition coefficient (Wildman–Crippen LogP) is 1.28. The zero-order valence-electron chi connectivity index (χ0n) is 7.88. The van der Waals surface area contributed by atoms with E-state index in [0.717, 1.165) is 5.56 Å². The highest BCUT2D eigenvalue weighted by molar-refractivity contribution is 5.75. The number of ether oxygens (including phenoxy) is 1. The predicted molar refractivity (Wildman–Crippen MR) is 50.4 cm³/mol. The van der Waals surface area contributed by atoms with Crippen LogP contribution in [0.4, 0.5) is 0 Å². The summed E-state index contributed by atoms with van der Waals surface area (Å²) in [6.45, 7) is 1.68. The van der Waals surface area contributed by atoms with Crippen LogP contribution in [0.25, 0.3) is 0 Å². The molecule has 0 amide bonds. The van der Waals surface area contributed by atoms with E-state index in [4.69, 9.17) is 4.74 Å². The van der Waals surface area contributed by atoms with Gasteiger partial charge in [-0.25, -0.2) is 0 Å². The molecule has 0 radical (unpaired) electrons. The lowest BCUT2D eigenvalue weighted by Gasteiger charge is -2.13. The van der Waals surface area contributed by atoms with Crippen molar-refractivity contribution >= 4 is 5.97 Å². The molecule has 1 N–H and O–H groups in total. The number of aliphatic hydroxyl groups excluding tert-OH is 1. The van der Waals surface area contributed by atoms with Crippen molar-refractivity contribution < 1.29 is 14.6 Å². The van der Waals surface area contributed by atoms with E-state index in [0.29, 0.717) is 0 Å². The van der Waals surface area contributed by atoms with Gasteiger partial charge in [-0.3, -0.25) is 4.79 Å². The van der Waals surface area contributed by atoms with Crippen molar-refractivity contribution in [2.24, 2.45) is 5.92 Å². The van der Waals surface area contributed by atoms with E-state index in [1.54, 1.807) is 6.92 Å². The van der Waals surface area contributed by atoms with Crippen molar-refractivity contribution in [2.75, 3.05) is 0 Å². The van der Waals surface area contributed by atoms with Crippen LogP contribution in [-0.2, 0) is 9.53 Å². The first kappa shape index (κ1) is 9.21. The monoisotopic (exact) mass is 192 g/mol. The Bertz CT molecular complexity index is 334. The lowest BCUT2D eigenvalue weighted by atomic mass is 9.98. The SMILES string of the molecule is C[C@H]1C(=O)O[C@H](c2ccccc2)[C@@H]1O. The van der Waals surface area contributed by atoms with Gasteiger partial charge in [0.25, 0.3) is 0 Å². The van der Waals surface area contributed by atoms with Gasteiger partial charge in [0.15, 0.2) is 6.10 Å². The third-order valence-corrected chi connectivity index (χ3v) is 2.57. The van der Waals surface area contributed by atoms with E-state index in [-0.39, 0.29) is 5.97 Å². The normalized spacial score (nSPS) is 31.6. The Balaban J connectivity index is 2.26. The molecule has 3 atom stereocenters. The van der Waals surface area contributed by atoms with Crippen LogP contribution in [0.15, 0.2) is 30.3 Å². The Morgan fingerprint density at radius 2 is 1.93 bits per heavy atom. The molecule has 0 bridgehead atoms. The van der Waals surface area contributed by atoms with Gasteiger partial charge in [-0.15, -0.1) is 0 Å². The van der Waals surface area contributed by atoms with E-state index in [1.165, 1.54) is 0 Å². The van der Waals surface area contributed by atoms with Gasteiger partial charge in [0.05, 0.1) is 5.92 Å². The summed E-state index contributed by atoms with van der Waals surface area (Å²) in [4.78, 5) is 11.2. The molecule has 0 aliphatic carbocycles. The van der Waals surface area contributed by atoms with Crippen molar-refractivity contribution in [1.82, 2.24) is 0 Å². The van der Waals surface area contributed by atoms with Gasteiger partial charge in [0.1, 0.15) is 6.10 Å². The standard InChI is InChI=1S/C11H12O3/c1-7-9(12)10(14-11(7)13)8-5-3-2-4-6-8/h2-7,9-10,12H,1H3/t7-,9-,10-/m1/s1. The molecule has 1 fully saturated rings. The Labute approximate surface area is 82.3 Å². The lowest BCUT2D eigenvalue weighted by molar-refractivity contribution is -0.144. The van der Waals surface area contributed by atoms with Crippen LogP contribution < -0.4 is 0 Å². The Morgan fingerprint density at radius 1 is 1.29 bits per heavy atom. The molecule has 0 spiro atoms. The molecule has 74 valence electrons. The van der Waals surface area contributed by atoms with E-state index in [2.05, 4.69) is 0 Å². The first-order valence-electron chi connectivity index (χ1n) is 4.63. The van der Waals surface area contributed by atoms with E-state index in [9.17, 15) is 9.90 Å². The molecule has 1 heterocycles. The summed E-state index contributed by atoms with van der Waals surface area (Å²) >= 11 is 0. The second kappa shape index (κ2) is 3.42. The van der Waals surface area contributed by atoms with Crippen LogP contribution in [-0.4, -0.2) is 17.2 Å². The minimum absolute atomic E-state index is 0.327. The van der Waals surface area contributed by atoms with Crippen LogP contribution in [0.5, 0.6) is 0 Å². The average molecular weight is 192 g/mol. The fraction of sp³-hybridized carbons (Fsp3) is 0.364. The number of carbonyl (C=O) groups is 1. The summed E-state index contributed by atoms with van der Waals surface area (Å²) in [6, 6.07) is 9.30. The van der Waals surface area contributed by atoms with Crippen molar-refractivity contribution in [1.29, 1.82) is 0 Å². The number of hydrogen-bond donors (Lipinski definition) is 1. The maximum Gasteiger partial charge on any atom is 0.312 e. The van der Waals surface area contributed by atoms with Gasteiger partial charge in [-0.1, -0.05) is 30.3 Å². The smallest absolute Gasteiger partial charge is 0.312 e. The average Bonchev–Trinajstić information content (AvgIpc) is 2.47. The summed E-state index contributed by atoms with van der Waals surface area (Å²) in [5, 5.41) is 9.74. The molecule has 1 aromatic rings. The fourth-order valence-electron chi connectivity index (χ4n) is 1.61. The van der Waals surface area contributed by atoms with E-state index in [1.807, 2.05) is 30.3 Å². The van der Waals surface area contributed by atoms with Crippen LogP contribution in [0.3, 0.4) is 0 Å². The van der Waals surface area contributed by atoms with E-state index < -0.39 is 18.1 Å². The van der Waals surface area contributed by atoms with Crippen molar-refractivity contribution in [3.63, 3.8) is 0 Å². The van der Waals surface area contributed by atoms with Gasteiger partial charge >= 0.3 is 5.97 Å². The second-order valence-electron chi connectivity index (χ2n) is 3.55. The second-order valence-corrected chi connectivity index (χ2v) is 3.55. The molecule has 14 heavy (non-hydrogen) atoms. The zero-order valence-corrected chi connectivity index (χ0v) is 7.88. The van der Waals surface area contributed by atoms with Gasteiger partial charge in [0, 0.05) is 0 Å². The summed E-state index contributed by atoms with van der Waals surface area (Å²) in [5.74, 6) is -0.758. The minimum Gasteiger partial charge on any atom is -0.454 e. The maximum atomic E-state index is 11.2. The Kier molecular flexibility index (Phi) is 2.25. The van der Waals surface area contributed by atoms with Crippen LogP contribution in [0.2, 0.25) is 0 Å². The molecule has 1 aliphatic rings. The molecule has 3 heteroatoms. The summed E-state index contributed by atoms with van der Waals surface area (Å²) < 4.78 is 5.08. The highest BCUT2D eigenvalue weighted by Crippen LogP contribution is 2.33. The van der Waals surface area contributed by atoms with Gasteiger partial charge in [-0.05, 0) is 12.5 Å². The van der Waals surface area contributed by atoms with Crippen molar-refractivity contribution in [3.05, 3.63) is 35.9 Å². The van der Waals surface area contributed by atoms with Crippen molar-refractivity contribution in [2.45, 2.75) is 19.1 Å². The van der Waals surface area contributed by atoms with Crippen LogP contribution >= 0.6 is 0 Å². The highest BCUT2D eigenvalue weighted by atomic mass is 16.6. The van der Waals surface area contributed by atoms with Gasteiger partial charge < -0.3 is 9.84 Å². The number of esters is 1. The zero-order chi connectivity index (χ0) is 10.1. The molecule has 0 saturated carbocycles. The minimum atomic E-state index is -0.732. The largest absolute Gasteiger partial charge is 0.454 e. The summed E-state index contributed by atoms with van der Waals surface area (Å²) in [5.41, 5.74) is 0.845. The lowest BCUT2D eigenvalue weighted by Crippen LogP contribution is -2.19. The van der Waals surface area contributed by atoms with Gasteiger partial charge in [-0.2, -0.15) is 0 Å². The van der Waals surface area contributed by atoms with Crippen LogP contribution in [0, 0.1) is 5.92 Å². The quantitative estimate of drug-likeness (QED) is 0.682. The molecule has 1 aromatic carbocycles. The molecule has 1 aliphatic heterocycles. The molecule has 1 saturated heterocycles. The summed E-state index contributed by atoms with van der Waals surface area (Å²) in [7, 11) is 0. The molecular weight excluding hydrogens is 180 g/mol. The van der Waals surface area contributed by atoms with E-state index >= 15 is 0 Å². The molecule has 2 rings (SSSR count). The third-order valence-electron chi connectivity index (χ3n) is 2.57. The topological polar surface area (TPSA) is 46.5 Å². The first-order chi connectivity index (χ1) is 6.70. The van der Waals surface area contributed by atoms with Crippen molar-refractivity contribution in [3.8, 4) is 0 Å². The van der Waals surface area contributed by atoms with Gasteiger partial charge in [0.2, 0.25) is 0 Å². The Morgan fingerprint density at radius 3 is 2.43 bits per heavy atom. The maximum absolute atomic E-state index is 11.2. The molecule has 0 aromatic heterocycles. The molecule has 3 nitrogen and oxygen atoms in total. The number of rotatable bonds is 1. The number of hydrogen-bond acceptors (Lipinski definition) is 3. The number of aliphatic hydroxyl groups is 1. The molecular formula is C11H12O3. The summed E-state index contributed by atoms with van der Waals surface area (Å²) in [6.07, 6.45) is -1.23.